The van der Waals surface area contributed by atoms with Crippen molar-refractivity contribution >= 4 is 27.2 Å². The molecule has 0 atom stereocenters. The summed E-state index contributed by atoms with van der Waals surface area (Å²) in [6, 6.07) is 6.94. The number of nitrogens with one attached hydrogen (secondary N) is 2. The SMILES string of the molecule is Cc1c([N+](=O)[O-])cc(S(=O)(=O)NCCNc2cc(-n3cccc3)ncn2)cc1[N+](=O)[O-]. The van der Waals surface area contributed by atoms with Crippen LogP contribution in [0.25, 0.3) is 5.82 Å². The molecule has 2 N–H and O–H groups in total. The molecule has 3 rings (SSSR count). The van der Waals surface area contributed by atoms with Gasteiger partial charge in [0.15, 0.2) is 0 Å². The smallest absolute Gasteiger partial charge is 0.280 e. The van der Waals surface area contributed by atoms with Gasteiger partial charge in [0.25, 0.3) is 11.4 Å². The molecule has 0 aliphatic heterocycles. The third kappa shape index (κ3) is 4.99. The Hall–Kier alpha value is -3.91. The van der Waals surface area contributed by atoms with Crippen molar-refractivity contribution in [1.29, 1.82) is 0 Å². The van der Waals surface area contributed by atoms with Gasteiger partial charge in [-0.15, -0.1) is 0 Å². The number of aromatic nitrogens is 3. The number of sulfonamides is 1. The van der Waals surface area contributed by atoms with E-state index in [1.54, 1.807) is 23.0 Å². The number of hydrogen-bond acceptors (Lipinski definition) is 9. The first kappa shape index (κ1) is 21.8. The summed E-state index contributed by atoms with van der Waals surface area (Å²) in [5, 5.41) is 25.2. The van der Waals surface area contributed by atoms with Gasteiger partial charge < -0.3 is 9.88 Å². The zero-order chi connectivity index (χ0) is 22.6. The minimum absolute atomic E-state index is 0.0966. The fraction of sp³-hybridized carbons (Fsp3) is 0.176. The van der Waals surface area contributed by atoms with Crippen LogP contribution in [0.3, 0.4) is 0 Å². The number of nitro benzene ring substituents is 2. The standard InChI is InChI=1S/C17H17N7O6S/c1-12-14(23(25)26)8-13(9-15(12)24(27)28)31(29,30)21-5-4-18-16-10-17(20-11-19-16)22-6-2-3-7-22/h2-3,6-11,21H,4-5H2,1H3,(H,18,19,20). The third-order valence-corrected chi connectivity index (χ3v) is 5.72. The van der Waals surface area contributed by atoms with Crippen molar-refractivity contribution in [2.24, 2.45) is 0 Å². The second kappa shape index (κ2) is 8.85. The molecule has 0 amide bonds. The van der Waals surface area contributed by atoms with Crippen LogP contribution in [0, 0.1) is 27.2 Å². The number of nitrogens with zero attached hydrogens (tertiary/aromatic N) is 5. The van der Waals surface area contributed by atoms with Crippen LogP contribution < -0.4 is 10.0 Å². The van der Waals surface area contributed by atoms with Crippen LogP contribution in [0.15, 0.2) is 53.9 Å². The molecule has 0 saturated carbocycles. The van der Waals surface area contributed by atoms with Crippen LogP contribution in [0.1, 0.15) is 5.56 Å². The van der Waals surface area contributed by atoms with E-state index in [0.717, 1.165) is 12.1 Å². The summed E-state index contributed by atoms with van der Waals surface area (Å²) in [4.78, 5) is 28.2. The van der Waals surface area contributed by atoms with E-state index in [2.05, 4.69) is 20.0 Å². The summed E-state index contributed by atoms with van der Waals surface area (Å²) in [5.74, 6) is 1.07. The lowest BCUT2D eigenvalue weighted by Crippen LogP contribution is -2.29. The number of benzene rings is 1. The second-order valence-corrected chi connectivity index (χ2v) is 8.04. The summed E-state index contributed by atoms with van der Waals surface area (Å²) < 4.78 is 29.0. The van der Waals surface area contributed by atoms with Gasteiger partial charge in [0.05, 0.1) is 14.7 Å². The maximum Gasteiger partial charge on any atom is 0.280 e. The molecule has 0 bridgehead atoms. The molecule has 0 radical (unpaired) electrons. The van der Waals surface area contributed by atoms with Crippen LogP contribution in [0.4, 0.5) is 17.2 Å². The minimum atomic E-state index is -4.22. The van der Waals surface area contributed by atoms with Crippen molar-refractivity contribution in [2.75, 3.05) is 18.4 Å². The lowest BCUT2D eigenvalue weighted by Gasteiger charge is -2.10. The van der Waals surface area contributed by atoms with Crippen LogP contribution in [0.2, 0.25) is 0 Å². The van der Waals surface area contributed by atoms with Crippen molar-refractivity contribution in [3.05, 3.63) is 74.8 Å². The molecule has 14 heteroatoms. The molecule has 0 fully saturated rings. The summed E-state index contributed by atoms with van der Waals surface area (Å²) in [6.07, 6.45) is 4.97. The second-order valence-electron chi connectivity index (χ2n) is 6.28. The van der Waals surface area contributed by atoms with Gasteiger partial charge >= 0.3 is 0 Å². The quantitative estimate of drug-likeness (QED) is 0.281. The predicted octanol–water partition coefficient (Wildman–Crippen LogP) is 1.78. The molecular weight excluding hydrogens is 430 g/mol. The molecule has 31 heavy (non-hydrogen) atoms. The lowest BCUT2D eigenvalue weighted by molar-refractivity contribution is -0.395. The fourth-order valence-electron chi connectivity index (χ4n) is 2.72. The molecule has 2 aromatic heterocycles. The number of hydrogen-bond donors (Lipinski definition) is 2. The number of anilines is 1. The summed E-state index contributed by atoms with van der Waals surface area (Å²) in [7, 11) is -4.22. The molecule has 0 saturated heterocycles. The van der Waals surface area contributed by atoms with Crippen molar-refractivity contribution in [1.82, 2.24) is 19.3 Å². The summed E-state index contributed by atoms with van der Waals surface area (Å²) in [6.45, 7) is 1.23. The molecular formula is C17H17N7O6S. The monoisotopic (exact) mass is 447 g/mol. The molecule has 0 unspecified atom stereocenters. The Morgan fingerprint density at radius 3 is 2.19 bits per heavy atom. The molecule has 0 spiro atoms. The van der Waals surface area contributed by atoms with E-state index in [4.69, 9.17) is 0 Å². The lowest BCUT2D eigenvalue weighted by atomic mass is 10.1. The van der Waals surface area contributed by atoms with Gasteiger partial charge in [0, 0.05) is 43.7 Å². The average molecular weight is 447 g/mol. The Balaban J connectivity index is 1.69. The molecule has 1 aromatic carbocycles. The number of nitro groups is 2. The van der Waals surface area contributed by atoms with Crippen LogP contribution in [0.5, 0.6) is 0 Å². The molecule has 3 aromatic rings. The number of rotatable bonds is 9. The van der Waals surface area contributed by atoms with E-state index in [9.17, 15) is 28.6 Å². The molecule has 13 nitrogen and oxygen atoms in total. The first-order chi connectivity index (χ1) is 14.7. The fourth-order valence-corrected chi connectivity index (χ4v) is 3.80. The van der Waals surface area contributed by atoms with Gasteiger partial charge in [-0.1, -0.05) is 0 Å². The Morgan fingerprint density at radius 1 is 1.00 bits per heavy atom. The highest BCUT2D eigenvalue weighted by Crippen LogP contribution is 2.31. The van der Waals surface area contributed by atoms with Gasteiger partial charge in [-0.3, -0.25) is 20.2 Å². The van der Waals surface area contributed by atoms with E-state index in [1.807, 2.05) is 12.1 Å². The zero-order valence-corrected chi connectivity index (χ0v) is 16.9. The van der Waals surface area contributed by atoms with Crippen molar-refractivity contribution in [2.45, 2.75) is 11.8 Å². The van der Waals surface area contributed by atoms with Gasteiger partial charge in [-0.2, -0.15) is 0 Å². The van der Waals surface area contributed by atoms with E-state index >= 15 is 0 Å². The highest BCUT2D eigenvalue weighted by molar-refractivity contribution is 7.89. The Bertz CT molecular complexity index is 1190. The summed E-state index contributed by atoms with van der Waals surface area (Å²) >= 11 is 0. The van der Waals surface area contributed by atoms with E-state index < -0.39 is 36.1 Å². The third-order valence-electron chi connectivity index (χ3n) is 4.27. The van der Waals surface area contributed by atoms with Crippen LogP contribution in [-0.4, -0.2) is 45.9 Å². The molecule has 0 aliphatic rings. The van der Waals surface area contributed by atoms with Gasteiger partial charge in [0.1, 0.15) is 23.5 Å². The van der Waals surface area contributed by atoms with Gasteiger partial charge in [-0.25, -0.2) is 23.1 Å². The molecule has 162 valence electrons. The highest BCUT2D eigenvalue weighted by Gasteiger charge is 2.27. The maximum absolute atomic E-state index is 12.5. The molecule has 2 heterocycles. The van der Waals surface area contributed by atoms with E-state index in [-0.39, 0.29) is 18.7 Å². The Labute approximate surface area is 176 Å². The van der Waals surface area contributed by atoms with E-state index in [0.29, 0.717) is 11.6 Å². The largest absolute Gasteiger partial charge is 0.369 e. The average Bonchev–Trinajstić information content (AvgIpc) is 3.26. The Kier molecular flexibility index (Phi) is 6.22. The van der Waals surface area contributed by atoms with Crippen molar-refractivity contribution < 1.29 is 18.3 Å². The van der Waals surface area contributed by atoms with E-state index in [1.165, 1.54) is 13.3 Å². The zero-order valence-electron chi connectivity index (χ0n) is 16.1. The summed E-state index contributed by atoms with van der Waals surface area (Å²) in [5.41, 5.74) is -1.52. The normalized spacial score (nSPS) is 11.3. The first-order valence-electron chi connectivity index (χ1n) is 8.81. The maximum atomic E-state index is 12.5. The Morgan fingerprint density at radius 2 is 1.61 bits per heavy atom. The van der Waals surface area contributed by atoms with Crippen LogP contribution in [-0.2, 0) is 10.0 Å². The van der Waals surface area contributed by atoms with Crippen LogP contribution >= 0.6 is 0 Å². The topological polar surface area (TPSA) is 175 Å². The van der Waals surface area contributed by atoms with Crippen molar-refractivity contribution in [3.63, 3.8) is 0 Å². The minimum Gasteiger partial charge on any atom is -0.369 e. The van der Waals surface area contributed by atoms with Crippen molar-refractivity contribution in [3.8, 4) is 5.82 Å². The highest BCUT2D eigenvalue weighted by atomic mass is 32.2. The van der Waals surface area contributed by atoms with Gasteiger partial charge in [0.2, 0.25) is 10.0 Å². The van der Waals surface area contributed by atoms with Gasteiger partial charge in [-0.05, 0) is 19.1 Å². The predicted molar refractivity (Wildman–Crippen MR) is 110 cm³/mol. The molecule has 0 aliphatic carbocycles. The first-order valence-corrected chi connectivity index (χ1v) is 10.3.